The van der Waals surface area contributed by atoms with Crippen molar-refractivity contribution in [1.29, 1.82) is 0 Å². The van der Waals surface area contributed by atoms with Gasteiger partial charge >= 0.3 is 0 Å². The normalized spacial score (nSPS) is 17.8. The summed E-state index contributed by atoms with van der Waals surface area (Å²) >= 11 is 0. The molecule has 1 saturated heterocycles. The van der Waals surface area contributed by atoms with Gasteiger partial charge in [0.05, 0.1) is 0 Å². The Kier molecular flexibility index (Phi) is 5.59. The smallest absolute Gasteiger partial charge is 0.253 e. The second-order valence-electron chi connectivity index (χ2n) is 6.74. The molecule has 1 aliphatic heterocycles. The Morgan fingerprint density at radius 1 is 1.23 bits per heavy atom. The SMILES string of the molecule is CCC1(CO)CCN(C(=O)c2ccc(CN(C)C)cc2)CC1. The molecule has 1 aromatic carbocycles. The maximum atomic E-state index is 12.6. The highest BCUT2D eigenvalue weighted by Gasteiger charge is 2.34. The van der Waals surface area contributed by atoms with Gasteiger partial charge in [-0.05, 0) is 56.5 Å². The molecule has 1 amide bonds. The number of aliphatic hydroxyl groups is 1. The van der Waals surface area contributed by atoms with Crippen molar-refractivity contribution in [3.8, 4) is 0 Å². The summed E-state index contributed by atoms with van der Waals surface area (Å²) < 4.78 is 0. The van der Waals surface area contributed by atoms with Crippen LogP contribution in [-0.2, 0) is 6.54 Å². The van der Waals surface area contributed by atoms with E-state index in [9.17, 15) is 9.90 Å². The van der Waals surface area contributed by atoms with Crippen LogP contribution in [0.2, 0.25) is 0 Å². The van der Waals surface area contributed by atoms with Crippen LogP contribution in [0.1, 0.15) is 42.1 Å². The summed E-state index contributed by atoms with van der Waals surface area (Å²) in [6, 6.07) is 7.91. The molecule has 1 heterocycles. The third-order valence-electron chi connectivity index (χ3n) is 4.90. The lowest BCUT2D eigenvalue weighted by molar-refractivity contribution is 0.0338. The van der Waals surface area contributed by atoms with Crippen LogP contribution in [0.5, 0.6) is 0 Å². The van der Waals surface area contributed by atoms with E-state index in [0.29, 0.717) is 0 Å². The van der Waals surface area contributed by atoms with Crippen molar-refractivity contribution < 1.29 is 9.90 Å². The number of piperidine rings is 1. The van der Waals surface area contributed by atoms with Crippen LogP contribution in [0.3, 0.4) is 0 Å². The maximum Gasteiger partial charge on any atom is 0.253 e. The molecule has 1 aromatic rings. The Bertz CT molecular complexity index is 482. The van der Waals surface area contributed by atoms with E-state index in [2.05, 4.69) is 11.8 Å². The van der Waals surface area contributed by atoms with E-state index in [1.54, 1.807) is 0 Å². The number of likely N-dealkylation sites (tertiary alicyclic amines) is 1. The highest BCUT2D eigenvalue weighted by Crippen LogP contribution is 2.34. The van der Waals surface area contributed by atoms with Gasteiger partial charge in [-0.15, -0.1) is 0 Å². The van der Waals surface area contributed by atoms with Crippen LogP contribution in [0.15, 0.2) is 24.3 Å². The molecule has 0 radical (unpaired) electrons. The third kappa shape index (κ3) is 3.87. The zero-order chi connectivity index (χ0) is 16.2. The lowest BCUT2D eigenvalue weighted by Gasteiger charge is -2.40. The quantitative estimate of drug-likeness (QED) is 0.908. The van der Waals surface area contributed by atoms with Crippen LogP contribution in [0.25, 0.3) is 0 Å². The van der Waals surface area contributed by atoms with Crippen molar-refractivity contribution >= 4 is 5.91 Å². The Balaban J connectivity index is 1.98. The number of hydrogen-bond donors (Lipinski definition) is 1. The van der Waals surface area contributed by atoms with Crippen molar-refractivity contribution in [1.82, 2.24) is 9.80 Å². The second kappa shape index (κ2) is 7.25. The molecule has 0 saturated carbocycles. The van der Waals surface area contributed by atoms with Crippen LogP contribution < -0.4 is 0 Å². The molecule has 122 valence electrons. The number of rotatable bonds is 5. The van der Waals surface area contributed by atoms with Crippen LogP contribution in [0.4, 0.5) is 0 Å². The highest BCUT2D eigenvalue weighted by molar-refractivity contribution is 5.94. The van der Waals surface area contributed by atoms with Crippen molar-refractivity contribution in [2.75, 3.05) is 33.8 Å². The first kappa shape index (κ1) is 17.0. The number of aliphatic hydroxyl groups excluding tert-OH is 1. The van der Waals surface area contributed by atoms with Gasteiger partial charge < -0.3 is 14.9 Å². The fourth-order valence-electron chi connectivity index (χ4n) is 3.11. The molecular weight excluding hydrogens is 276 g/mol. The molecule has 0 aromatic heterocycles. The number of hydrogen-bond acceptors (Lipinski definition) is 3. The van der Waals surface area contributed by atoms with Gasteiger partial charge in [-0.3, -0.25) is 4.79 Å². The molecule has 4 heteroatoms. The third-order valence-corrected chi connectivity index (χ3v) is 4.90. The van der Waals surface area contributed by atoms with E-state index >= 15 is 0 Å². The van der Waals surface area contributed by atoms with E-state index in [1.807, 2.05) is 43.3 Å². The molecule has 0 aliphatic carbocycles. The average molecular weight is 304 g/mol. The molecular formula is C18H28N2O2. The minimum atomic E-state index is 0.0202. The molecule has 22 heavy (non-hydrogen) atoms. The molecule has 4 nitrogen and oxygen atoms in total. The summed E-state index contributed by atoms with van der Waals surface area (Å²) in [7, 11) is 4.07. The largest absolute Gasteiger partial charge is 0.396 e. The van der Waals surface area contributed by atoms with Crippen molar-refractivity contribution in [2.45, 2.75) is 32.7 Å². The van der Waals surface area contributed by atoms with Gasteiger partial charge in [-0.1, -0.05) is 19.1 Å². The number of benzene rings is 1. The first-order valence-electron chi connectivity index (χ1n) is 8.13. The van der Waals surface area contributed by atoms with Gasteiger partial charge in [-0.2, -0.15) is 0 Å². The minimum absolute atomic E-state index is 0.0202. The zero-order valence-corrected chi connectivity index (χ0v) is 14.0. The first-order valence-corrected chi connectivity index (χ1v) is 8.13. The summed E-state index contributed by atoms with van der Waals surface area (Å²) in [5.74, 6) is 0.110. The Hall–Kier alpha value is -1.39. The molecule has 1 fully saturated rings. The van der Waals surface area contributed by atoms with Gasteiger partial charge in [-0.25, -0.2) is 0 Å². The predicted octanol–water partition coefficient (Wildman–Crippen LogP) is 2.37. The van der Waals surface area contributed by atoms with Crippen LogP contribution >= 0.6 is 0 Å². The monoisotopic (exact) mass is 304 g/mol. The van der Waals surface area contributed by atoms with Gasteiger partial charge in [0, 0.05) is 31.8 Å². The van der Waals surface area contributed by atoms with Gasteiger partial charge in [0.1, 0.15) is 0 Å². The van der Waals surface area contributed by atoms with Gasteiger partial charge in [0.25, 0.3) is 5.91 Å². The van der Waals surface area contributed by atoms with Crippen molar-refractivity contribution in [3.05, 3.63) is 35.4 Å². The molecule has 0 atom stereocenters. The van der Waals surface area contributed by atoms with Gasteiger partial charge in [0.15, 0.2) is 0 Å². The number of nitrogens with zero attached hydrogens (tertiary/aromatic N) is 2. The number of carbonyl (C=O) groups excluding carboxylic acids is 1. The highest BCUT2D eigenvalue weighted by atomic mass is 16.3. The predicted molar refractivity (Wildman–Crippen MR) is 88.8 cm³/mol. The lowest BCUT2D eigenvalue weighted by Crippen LogP contribution is -2.44. The van der Waals surface area contributed by atoms with E-state index in [0.717, 1.165) is 44.5 Å². The molecule has 2 rings (SSSR count). The molecule has 1 N–H and O–H groups in total. The Morgan fingerprint density at radius 3 is 2.27 bits per heavy atom. The first-order chi connectivity index (χ1) is 10.5. The number of carbonyl (C=O) groups is 1. The van der Waals surface area contributed by atoms with Crippen LogP contribution in [-0.4, -0.2) is 54.6 Å². The van der Waals surface area contributed by atoms with E-state index in [-0.39, 0.29) is 17.9 Å². The van der Waals surface area contributed by atoms with Crippen molar-refractivity contribution in [2.24, 2.45) is 5.41 Å². The van der Waals surface area contributed by atoms with Crippen LogP contribution in [0, 0.1) is 5.41 Å². The summed E-state index contributed by atoms with van der Waals surface area (Å²) in [5.41, 5.74) is 1.99. The summed E-state index contributed by atoms with van der Waals surface area (Å²) in [4.78, 5) is 16.6. The van der Waals surface area contributed by atoms with E-state index in [1.165, 1.54) is 5.56 Å². The fourth-order valence-corrected chi connectivity index (χ4v) is 3.11. The van der Waals surface area contributed by atoms with Crippen molar-refractivity contribution in [3.63, 3.8) is 0 Å². The van der Waals surface area contributed by atoms with Gasteiger partial charge in [0.2, 0.25) is 0 Å². The van der Waals surface area contributed by atoms with E-state index in [4.69, 9.17) is 0 Å². The molecule has 0 spiro atoms. The summed E-state index contributed by atoms with van der Waals surface area (Å²) in [6.07, 6.45) is 2.76. The topological polar surface area (TPSA) is 43.8 Å². The second-order valence-corrected chi connectivity index (χ2v) is 6.74. The summed E-state index contributed by atoms with van der Waals surface area (Å²) in [6.45, 7) is 4.72. The maximum absolute atomic E-state index is 12.6. The average Bonchev–Trinajstić information content (AvgIpc) is 2.54. The fraction of sp³-hybridized carbons (Fsp3) is 0.611. The molecule has 0 bridgehead atoms. The standard InChI is InChI=1S/C18H28N2O2/c1-4-18(14-21)9-11-20(12-10-18)17(22)16-7-5-15(6-8-16)13-19(2)3/h5-8,21H,4,9-14H2,1-3H3. The summed E-state index contributed by atoms with van der Waals surface area (Å²) in [5, 5.41) is 9.58. The molecule has 0 unspecified atom stereocenters. The number of amides is 1. The zero-order valence-electron chi connectivity index (χ0n) is 14.0. The Morgan fingerprint density at radius 2 is 1.82 bits per heavy atom. The van der Waals surface area contributed by atoms with E-state index < -0.39 is 0 Å². The Labute approximate surface area is 133 Å². The lowest BCUT2D eigenvalue weighted by atomic mass is 9.77. The minimum Gasteiger partial charge on any atom is -0.396 e. The molecule has 1 aliphatic rings.